The molecule has 2 rings (SSSR count). The number of benzene rings is 2. The van der Waals surface area contributed by atoms with Gasteiger partial charge >= 0.3 is 11.9 Å². The number of rotatable bonds is 7. The molecule has 4 nitrogen and oxygen atoms in total. The third-order valence-electron chi connectivity index (χ3n) is 4.77. The van der Waals surface area contributed by atoms with Crippen LogP contribution in [0.25, 0.3) is 0 Å². The monoisotopic (exact) mass is 414 g/mol. The molecule has 0 heterocycles. The second-order valence-corrected chi connectivity index (χ2v) is 8.73. The Morgan fingerprint density at radius 1 is 1.00 bits per heavy atom. The standard InChI is InChI=1S/C25H31FO4/c1-16-14-20(12-13-21(16)26)23(19-10-8-7-9-11-19)18(3)29-24(28)17(2)15-22(27)30-25(4,5)6/h7-14,17-18,23H,15H2,1-6H3/t17-,18+,23+/m1/s1. The number of hydrogen-bond acceptors (Lipinski definition) is 4. The highest BCUT2D eigenvalue weighted by Crippen LogP contribution is 2.31. The fourth-order valence-electron chi connectivity index (χ4n) is 3.34. The first-order chi connectivity index (χ1) is 14.0. The Hall–Kier alpha value is -2.69. The number of carbonyl (C=O) groups excluding carboxylic acids is 2. The molecule has 0 aliphatic heterocycles. The smallest absolute Gasteiger partial charge is 0.309 e. The minimum Gasteiger partial charge on any atom is -0.461 e. The van der Waals surface area contributed by atoms with E-state index in [1.165, 1.54) is 6.07 Å². The number of hydrogen-bond donors (Lipinski definition) is 0. The Morgan fingerprint density at radius 3 is 2.20 bits per heavy atom. The fraction of sp³-hybridized carbons (Fsp3) is 0.440. The van der Waals surface area contributed by atoms with E-state index in [1.54, 1.807) is 46.8 Å². The molecule has 162 valence electrons. The molecule has 0 saturated heterocycles. The van der Waals surface area contributed by atoms with E-state index >= 15 is 0 Å². The molecular weight excluding hydrogens is 383 g/mol. The van der Waals surface area contributed by atoms with Crippen molar-refractivity contribution in [3.63, 3.8) is 0 Å². The van der Waals surface area contributed by atoms with E-state index < -0.39 is 29.6 Å². The zero-order valence-electron chi connectivity index (χ0n) is 18.6. The Labute approximate surface area is 178 Å². The van der Waals surface area contributed by atoms with Gasteiger partial charge in [0, 0.05) is 5.92 Å². The van der Waals surface area contributed by atoms with E-state index in [1.807, 2.05) is 37.3 Å². The van der Waals surface area contributed by atoms with E-state index in [-0.39, 0.29) is 18.2 Å². The van der Waals surface area contributed by atoms with Gasteiger partial charge in [-0.1, -0.05) is 49.4 Å². The lowest BCUT2D eigenvalue weighted by Gasteiger charge is -2.27. The summed E-state index contributed by atoms with van der Waals surface area (Å²) in [6.07, 6.45) is -0.556. The zero-order valence-corrected chi connectivity index (χ0v) is 18.6. The van der Waals surface area contributed by atoms with Gasteiger partial charge in [-0.2, -0.15) is 0 Å². The van der Waals surface area contributed by atoms with Crippen LogP contribution in [0.2, 0.25) is 0 Å². The summed E-state index contributed by atoms with van der Waals surface area (Å²) < 4.78 is 24.8. The Balaban J connectivity index is 2.18. The van der Waals surface area contributed by atoms with Gasteiger partial charge in [0.05, 0.1) is 12.3 Å². The highest BCUT2D eigenvalue weighted by Gasteiger charge is 2.29. The van der Waals surface area contributed by atoms with Crippen molar-refractivity contribution in [1.82, 2.24) is 0 Å². The van der Waals surface area contributed by atoms with Crippen LogP contribution < -0.4 is 0 Å². The molecule has 0 bridgehead atoms. The summed E-state index contributed by atoms with van der Waals surface area (Å²) in [5.41, 5.74) is 1.75. The molecule has 0 radical (unpaired) electrons. The lowest BCUT2D eigenvalue weighted by atomic mass is 9.86. The van der Waals surface area contributed by atoms with Crippen LogP contribution in [0.5, 0.6) is 0 Å². The molecule has 3 atom stereocenters. The van der Waals surface area contributed by atoms with Crippen LogP contribution in [0.4, 0.5) is 4.39 Å². The van der Waals surface area contributed by atoms with Crippen molar-refractivity contribution in [3.05, 3.63) is 71.0 Å². The van der Waals surface area contributed by atoms with Crippen LogP contribution in [-0.4, -0.2) is 23.6 Å². The summed E-state index contributed by atoms with van der Waals surface area (Å²) in [5.74, 6) is -2.07. The summed E-state index contributed by atoms with van der Waals surface area (Å²) in [6.45, 7) is 10.5. The third-order valence-corrected chi connectivity index (χ3v) is 4.77. The quantitative estimate of drug-likeness (QED) is 0.556. The lowest BCUT2D eigenvalue weighted by molar-refractivity contribution is -0.163. The molecular formula is C25H31FO4. The average molecular weight is 415 g/mol. The maximum atomic E-state index is 13.8. The Kier molecular flexibility index (Phi) is 7.77. The summed E-state index contributed by atoms with van der Waals surface area (Å²) in [4.78, 5) is 24.7. The summed E-state index contributed by atoms with van der Waals surface area (Å²) in [7, 11) is 0. The van der Waals surface area contributed by atoms with Crippen molar-refractivity contribution in [2.24, 2.45) is 5.92 Å². The second-order valence-electron chi connectivity index (χ2n) is 8.73. The number of ether oxygens (including phenoxy) is 2. The number of carbonyl (C=O) groups is 2. The summed E-state index contributed by atoms with van der Waals surface area (Å²) in [5, 5.41) is 0. The van der Waals surface area contributed by atoms with E-state index in [0.29, 0.717) is 5.56 Å². The van der Waals surface area contributed by atoms with Gasteiger partial charge < -0.3 is 9.47 Å². The van der Waals surface area contributed by atoms with Gasteiger partial charge in [0.25, 0.3) is 0 Å². The maximum Gasteiger partial charge on any atom is 0.309 e. The molecule has 30 heavy (non-hydrogen) atoms. The number of esters is 2. The first-order valence-electron chi connectivity index (χ1n) is 10.2. The van der Waals surface area contributed by atoms with Gasteiger partial charge in [-0.05, 0) is 57.4 Å². The Morgan fingerprint density at radius 2 is 1.63 bits per heavy atom. The van der Waals surface area contributed by atoms with E-state index in [0.717, 1.165) is 11.1 Å². The molecule has 0 aromatic heterocycles. The number of aryl methyl sites for hydroxylation is 1. The fourth-order valence-corrected chi connectivity index (χ4v) is 3.34. The van der Waals surface area contributed by atoms with Gasteiger partial charge in [-0.3, -0.25) is 9.59 Å². The van der Waals surface area contributed by atoms with Gasteiger partial charge in [-0.25, -0.2) is 4.39 Å². The van der Waals surface area contributed by atoms with Crippen LogP contribution >= 0.6 is 0 Å². The molecule has 0 N–H and O–H groups in total. The van der Waals surface area contributed by atoms with Gasteiger partial charge in [-0.15, -0.1) is 0 Å². The third kappa shape index (κ3) is 6.68. The normalized spacial score (nSPS) is 14.5. The molecule has 0 amide bonds. The van der Waals surface area contributed by atoms with Crippen LogP contribution in [0.1, 0.15) is 63.6 Å². The molecule has 5 heteroatoms. The van der Waals surface area contributed by atoms with Crippen molar-refractivity contribution in [2.45, 2.75) is 65.6 Å². The molecule has 2 aromatic carbocycles. The molecule has 0 spiro atoms. The van der Waals surface area contributed by atoms with Crippen molar-refractivity contribution in [3.8, 4) is 0 Å². The predicted octanol–water partition coefficient (Wildman–Crippen LogP) is 5.57. The molecule has 0 aliphatic carbocycles. The minimum absolute atomic E-state index is 0.0471. The van der Waals surface area contributed by atoms with Crippen molar-refractivity contribution in [1.29, 1.82) is 0 Å². The highest BCUT2D eigenvalue weighted by molar-refractivity contribution is 5.80. The van der Waals surface area contributed by atoms with E-state index in [2.05, 4.69) is 0 Å². The first-order valence-corrected chi connectivity index (χ1v) is 10.2. The summed E-state index contributed by atoms with van der Waals surface area (Å²) in [6, 6.07) is 14.6. The van der Waals surface area contributed by atoms with Crippen LogP contribution in [0.15, 0.2) is 48.5 Å². The van der Waals surface area contributed by atoms with Crippen molar-refractivity contribution < 1.29 is 23.5 Å². The summed E-state index contributed by atoms with van der Waals surface area (Å²) >= 11 is 0. The SMILES string of the molecule is Cc1cc([C@H](c2ccccc2)[C@H](C)OC(=O)[C@H](C)CC(=O)OC(C)(C)C)ccc1F. The van der Waals surface area contributed by atoms with Crippen LogP contribution in [0.3, 0.4) is 0 Å². The second kappa shape index (κ2) is 9.88. The topological polar surface area (TPSA) is 52.6 Å². The largest absolute Gasteiger partial charge is 0.461 e. The predicted molar refractivity (Wildman–Crippen MR) is 115 cm³/mol. The van der Waals surface area contributed by atoms with E-state index in [9.17, 15) is 14.0 Å². The van der Waals surface area contributed by atoms with Crippen molar-refractivity contribution >= 4 is 11.9 Å². The highest BCUT2D eigenvalue weighted by atomic mass is 19.1. The molecule has 0 unspecified atom stereocenters. The minimum atomic E-state index is -0.631. The first kappa shape index (κ1) is 23.6. The van der Waals surface area contributed by atoms with Crippen LogP contribution in [0, 0.1) is 18.7 Å². The van der Waals surface area contributed by atoms with Gasteiger partial charge in [0.1, 0.15) is 17.5 Å². The van der Waals surface area contributed by atoms with E-state index in [4.69, 9.17) is 9.47 Å². The molecule has 2 aromatic rings. The lowest BCUT2D eigenvalue weighted by Crippen LogP contribution is -2.30. The zero-order chi connectivity index (χ0) is 22.5. The van der Waals surface area contributed by atoms with Crippen LogP contribution in [-0.2, 0) is 19.1 Å². The van der Waals surface area contributed by atoms with Crippen molar-refractivity contribution in [2.75, 3.05) is 0 Å². The molecule has 0 saturated carbocycles. The Bertz CT molecular complexity index is 870. The number of halogens is 1. The average Bonchev–Trinajstić information content (AvgIpc) is 2.64. The molecule has 0 aliphatic rings. The molecule has 0 fully saturated rings. The maximum absolute atomic E-state index is 13.8. The van der Waals surface area contributed by atoms with Gasteiger partial charge in [0.2, 0.25) is 0 Å². The van der Waals surface area contributed by atoms with Gasteiger partial charge in [0.15, 0.2) is 0 Å².